The summed E-state index contributed by atoms with van der Waals surface area (Å²) in [6.07, 6.45) is 0.816. The molecule has 0 saturated carbocycles. The van der Waals surface area contributed by atoms with Crippen LogP contribution in [0.25, 0.3) is 28.2 Å². The number of carbonyl (C=O) groups is 1. The highest BCUT2D eigenvalue weighted by Gasteiger charge is 2.22. The Balaban J connectivity index is 2.09. The Kier molecular flexibility index (Phi) is 7.95. The number of hydrogen-bond donors (Lipinski definition) is 2. The lowest BCUT2D eigenvalue weighted by atomic mass is 9.93. The van der Waals surface area contributed by atoms with Crippen LogP contribution in [-0.4, -0.2) is 35.5 Å². The molecule has 3 rings (SSSR count). The van der Waals surface area contributed by atoms with Gasteiger partial charge in [0.05, 0.1) is 25.7 Å². The second kappa shape index (κ2) is 10.5. The first-order valence-corrected chi connectivity index (χ1v) is 11.1. The van der Waals surface area contributed by atoms with Crippen molar-refractivity contribution in [3.05, 3.63) is 64.1 Å². The van der Waals surface area contributed by atoms with Crippen LogP contribution < -0.4 is 0 Å². The van der Waals surface area contributed by atoms with Crippen LogP contribution in [0.1, 0.15) is 49.5 Å². The Morgan fingerprint density at radius 3 is 2.52 bits per heavy atom. The van der Waals surface area contributed by atoms with Crippen molar-refractivity contribution in [2.45, 2.75) is 51.7 Å². The third-order valence-corrected chi connectivity index (χ3v) is 5.97. The van der Waals surface area contributed by atoms with E-state index in [1.54, 1.807) is 18.2 Å². The number of benzene rings is 2. The fourth-order valence-electron chi connectivity index (χ4n) is 3.80. The van der Waals surface area contributed by atoms with Crippen LogP contribution >= 0.6 is 11.6 Å². The minimum Gasteiger partial charge on any atom is -0.469 e. The van der Waals surface area contributed by atoms with Gasteiger partial charge in [-0.25, -0.2) is 4.39 Å². The maximum Gasteiger partial charge on any atom is 0.308 e. The third kappa shape index (κ3) is 5.64. The van der Waals surface area contributed by atoms with Crippen molar-refractivity contribution >= 4 is 34.6 Å². The number of aliphatic hydroxyl groups is 2. The molecule has 2 unspecified atom stereocenters. The predicted octanol–water partition coefficient (Wildman–Crippen LogP) is 6.01. The number of carbonyl (C=O) groups excluding carboxylic acids is 1. The maximum atomic E-state index is 13.6. The van der Waals surface area contributed by atoms with Crippen molar-refractivity contribution < 1.29 is 28.6 Å². The molecular weight excluding hydrogens is 447 g/mol. The van der Waals surface area contributed by atoms with E-state index in [4.69, 9.17) is 16.0 Å². The molecule has 0 aliphatic carbocycles. The maximum absolute atomic E-state index is 13.6. The van der Waals surface area contributed by atoms with Gasteiger partial charge >= 0.3 is 5.97 Å². The normalized spacial score (nSPS) is 13.7. The van der Waals surface area contributed by atoms with Crippen LogP contribution in [0.3, 0.4) is 0 Å². The Morgan fingerprint density at radius 2 is 1.91 bits per heavy atom. The molecular formula is C26H28ClFO5. The highest BCUT2D eigenvalue weighted by molar-refractivity contribution is 6.32. The fourth-order valence-corrected chi connectivity index (χ4v) is 4.02. The molecule has 33 heavy (non-hydrogen) atoms. The molecule has 0 spiro atoms. The molecule has 0 bridgehead atoms. The van der Waals surface area contributed by atoms with Crippen molar-refractivity contribution in [1.29, 1.82) is 0 Å². The van der Waals surface area contributed by atoms with Crippen molar-refractivity contribution in [2.75, 3.05) is 7.11 Å². The molecule has 5 nitrogen and oxygen atoms in total. The summed E-state index contributed by atoms with van der Waals surface area (Å²) in [5.74, 6) is -0.279. The zero-order valence-electron chi connectivity index (χ0n) is 19.1. The van der Waals surface area contributed by atoms with Crippen molar-refractivity contribution in [1.82, 2.24) is 0 Å². The minimum absolute atomic E-state index is 0.0419. The molecule has 176 valence electrons. The SMILES string of the molecule is COC(=O)CC(O)CC(O)C=Cc1oc2c(C(C)C)cc(Cl)c(C)c2c1-c1ccc(F)cc1. The molecule has 0 aliphatic heterocycles. The van der Waals surface area contributed by atoms with E-state index >= 15 is 0 Å². The number of aliphatic hydroxyl groups excluding tert-OH is 2. The fraction of sp³-hybridized carbons (Fsp3) is 0.346. The van der Waals surface area contributed by atoms with E-state index in [0.717, 1.165) is 27.6 Å². The van der Waals surface area contributed by atoms with Crippen molar-refractivity contribution in [3.8, 4) is 11.1 Å². The molecule has 1 aromatic heterocycles. The molecule has 2 aromatic carbocycles. The van der Waals surface area contributed by atoms with Gasteiger partial charge in [-0.2, -0.15) is 0 Å². The highest BCUT2D eigenvalue weighted by atomic mass is 35.5. The molecule has 2 N–H and O–H groups in total. The molecule has 1 heterocycles. The molecule has 0 radical (unpaired) electrons. The van der Waals surface area contributed by atoms with Crippen LogP contribution in [0, 0.1) is 12.7 Å². The van der Waals surface area contributed by atoms with Gasteiger partial charge in [0.1, 0.15) is 17.2 Å². The molecule has 7 heteroatoms. The average molecular weight is 475 g/mol. The number of furan rings is 1. The van der Waals surface area contributed by atoms with E-state index in [-0.39, 0.29) is 24.6 Å². The number of halogens is 2. The number of rotatable bonds is 8. The zero-order valence-corrected chi connectivity index (χ0v) is 19.8. The molecule has 0 amide bonds. The van der Waals surface area contributed by atoms with E-state index < -0.39 is 18.2 Å². The molecule has 3 aromatic rings. The lowest BCUT2D eigenvalue weighted by Gasteiger charge is -2.11. The molecule has 0 saturated heterocycles. The van der Waals surface area contributed by atoms with Crippen LogP contribution in [0.5, 0.6) is 0 Å². The molecule has 2 atom stereocenters. The number of fused-ring (bicyclic) bond motifs is 1. The van der Waals surface area contributed by atoms with Gasteiger partial charge in [-0.1, -0.05) is 43.7 Å². The Bertz CT molecular complexity index is 1160. The van der Waals surface area contributed by atoms with Crippen LogP contribution in [0.4, 0.5) is 4.39 Å². The number of hydrogen-bond acceptors (Lipinski definition) is 5. The summed E-state index contributed by atoms with van der Waals surface area (Å²) in [6.45, 7) is 5.99. The van der Waals surface area contributed by atoms with Gasteiger partial charge in [-0.15, -0.1) is 0 Å². The monoisotopic (exact) mass is 474 g/mol. The summed E-state index contributed by atoms with van der Waals surface area (Å²) in [4.78, 5) is 11.3. The van der Waals surface area contributed by atoms with Crippen LogP contribution in [0.2, 0.25) is 5.02 Å². The second-order valence-corrected chi connectivity index (χ2v) is 8.78. The summed E-state index contributed by atoms with van der Waals surface area (Å²) < 4.78 is 24.4. The smallest absolute Gasteiger partial charge is 0.308 e. The molecule has 0 fully saturated rings. The largest absolute Gasteiger partial charge is 0.469 e. The molecule has 0 aliphatic rings. The van der Waals surface area contributed by atoms with Gasteiger partial charge in [-0.05, 0) is 53.8 Å². The first-order chi connectivity index (χ1) is 15.6. The van der Waals surface area contributed by atoms with Gasteiger partial charge in [0.2, 0.25) is 0 Å². The first kappa shape index (κ1) is 25.0. The van der Waals surface area contributed by atoms with Crippen LogP contribution in [0.15, 0.2) is 40.8 Å². The van der Waals surface area contributed by atoms with E-state index in [0.29, 0.717) is 16.4 Å². The van der Waals surface area contributed by atoms with Gasteiger partial charge in [0, 0.05) is 22.4 Å². The van der Waals surface area contributed by atoms with E-state index in [1.165, 1.54) is 25.3 Å². The quantitative estimate of drug-likeness (QED) is 0.391. The highest BCUT2D eigenvalue weighted by Crippen LogP contribution is 2.43. The van der Waals surface area contributed by atoms with Gasteiger partial charge in [0.25, 0.3) is 0 Å². The van der Waals surface area contributed by atoms with E-state index in [1.807, 2.05) is 26.8 Å². The summed E-state index contributed by atoms with van der Waals surface area (Å²) >= 11 is 6.54. The van der Waals surface area contributed by atoms with Crippen molar-refractivity contribution in [3.63, 3.8) is 0 Å². The van der Waals surface area contributed by atoms with E-state index in [2.05, 4.69) is 4.74 Å². The lowest BCUT2D eigenvalue weighted by Crippen LogP contribution is -2.20. The number of methoxy groups -OCH3 is 1. The number of esters is 1. The van der Waals surface area contributed by atoms with Gasteiger partial charge in [0.15, 0.2) is 0 Å². The topological polar surface area (TPSA) is 79.9 Å². The summed E-state index contributed by atoms with van der Waals surface area (Å²) in [7, 11) is 1.24. The second-order valence-electron chi connectivity index (χ2n) is 8.38. The van der Waals surface area contributed by atoms with Crippen molar-refractivity contribution in [2.24, 2.45) is 0 Å². The average Bonchev–Trinajstić information content (AvgIpc) is 3.14. The standard InChI is InChI=1S/C26H28ClFO5/c1-14(2)20-13-21(27)15(3)24-25(16-5-7-17(28)8-6-16)22(33-26(20)24)10-9-18(29)11-19(30)12-23(31)32-4/h5-10,13-14,18-19,29-30H,11-12H2,1-4H3. The van der Waals surface area contributed by atoms with E-state index in [9.17, 15) is 19.4 Å². The Hall–Kier alpha value is -2.67. The summed E-state index contributed by atoms with van der Waals surface area (Å²) in [6, 6.07) is 7.99. The third-order valence-electron chi connectivity index (χ3n) is 5.58. The predicted molar refractivity (Wildman–Crippen MR) is 128 cm³/mol. The number of aryl methyl sites for hydroxylation is 1. The lowest BCUT2D eigenvalue weighted by molar-refractivity contribution is -0.143. The van der Waals surface area contributed by atoms with Gasteiger partial charge in [-0.3, -0.25) is 4.79 Å². The summed E-state index contributed by atoms with van der Waals surface area (Å²) in [5.41, 5.74) is 3.96. The first-order valence-electron chi connectivity index (χ1n) is 10.7. The minimum atomic E-state index is -1.04. The summed E-state index contributed by atoms with van der Waals surface area (Å²) in [5, 5.41) is 21.8. The number of ether oxygens (including phenoxy) is 1. The Morgan fingerprint density at radius 1 is 1.24 bits per heavy atom. The van der Waals surface area contributed by atoms with Crippen LogP contribution in [-0.2, 0) is 9.53 Å². The zero-order chi connectivity index (χ0) is 24.3. The Labute approximate surface area is 197 Å². The van der Waals surface area contributed by atoms with Gasteiger partial charge < -0.3 is 19.4 Å².